The molecule has 1 heterocycles. The standard InChI is InChI=1S/C12H20N4O2/c1-5-16(4)12(17)9(3)15-10-7-11(18-6-2)14-8-13-10/h7-9H,5-6H2,1-4H3,(H,13,14,15). The fourth-order valence-electron chi connectivity index (χ4n) is 1.42. The predicted octanol–water partition coefficient (Wildman–Crippen LogP) is 1.15. The molecular formula is C12H20N4O2. The number of likely N-dealkylation sites (N-methyl/N-ethyl adjacent to an activating group) is 1. The second-order valence-corrected chi connectivity index (χ2v) is 3.89. The number of nitrogens with one attached hydrogen (secondary N) is 1. The Hall–Kier alpha value is -1.85. The van der Waals surface area contributed by atoms with Gasteiger partial charge in [-0.15, -0.1) is 0 Å². The van der Waals surface area contributed by atoms with E-state index in [1.54, 1.807) is 24.9 Å². The summed E-state index contributed by atoms with van der Waals surface area (Å²) in [5.41, 5.74) is 0. The van der Waals surface area contributed by atoms with E-state index >= 15 is 0 Å². The largest absolute Gasteiger partial charge is 0.478 e. The molecule has 6 nitrogen and oxygen atoms in total. The van der Waals surface area contributed by atoms with E-state index in [9.17, 15) is 4.79 Å². The van der Waals surface area contributed by atoms with Crippen molar-refractivity contribution in [3.05, 3.63) is 12.4 Å². The molecule has 1 amide bonds. The molecule has 0 saturated carbocycles. The molecule has 0 aliphatic carbocycles. The number of carbonyl (C=O) groups excluding carboxylic acids is 1. The minimum Gasteiger partial charge on any atom is -0.478 e. The highest BCUT2D eigenvalue weighted by Crippen LogP contribution is 2.12. The van der Waals surface area contributed by atoms with Crippen molar-refractivity contribution in [2.75, 3.05) is 25.5 Å². The molecule has 1 N–H and O–H groups in total. The first kappa shape index (κ1) is 14.2. The summed E-state index contributed by atoms with van der Waals surface area (Å²) in [5, 5.41) is 3.03. The van der Waals surface area contributed by atoms with Gasteiger partial charge in [0, 0.05) is 19.7 Å². The normalized spacial score (nSPS) is 11.8. The lowest BCUT2D eigenvalue weighted by atomic mass is 10.3. The van der Waals surface area contributed by atoms with Crippen molar-refractivity contribution in [3.8, 4) is 5.88 Å². The summed E-state index contributed by atoms with van der Waals surface area (Å²) in [5.74, 6) is 1.10. The molecule has 0 aromatic carbocycles. The molecule has 1 atom stereocenters. The van der Waals surface area contributed by atoms with E-state index < -0.39 is 0 Å². The third kappa shape index (κ3) is 3.87. The zero-order chi connectivity index (χ0) is 13.5. The van der Waals surface area contributed by atoms with Gasteiger partial charge in [-0.25, -0.2) is 9.97 Å². The van der Waals surface area contributed by atoms with Gasteiger partial charge in [0.15, 0.2) is 0 Å². The fourth-order valence-corrected chi connectivity index (χ4v) is 1.42. The molecule has 18 heavy (non-hydrogen) atoms. The second kappa shape index (κ2) is 6.78. The molecule has 0 spiro atoms. The SMILES string of the molecule is CCOc1cc(NC(C)C(=O)N(C)CC)ncn1. The van der Waals surface area contributed by atoms with Crippen molar-refractivity contribution in [1.29, 1.82) is 0 Å². The van der Waals surface area contributed by atoms with Crippen LogP contribution in [-0.4, -0.2) is 47.0 Å². The Morgan fingerprint density at radius 3 is 2.83 bits per heavy atom. The Morgan fingerprint density at radius 1 is 1.50 bits per heavy atom. The molecule has 0 fully saturated rings. The van der Waals surface area contributed by atoms with Crippen LogP contribution >= 0.6 is 0 Å². The fraction of sp³-hybridized carbons (Fsp3) is 0.583. The first-order valence-corrected chi connectivity index (χ1v) is 6.04. The number of carbonyl (C=O) groups is 1. The van der Waals surface area contributed by atoms with Crippen molar-refractivity contribution in [2.45, 2.75) is 26.8 Å². The van der Waals surface area contributed by atoms with Gasteiger partial charge in [0.25, 0.3) is 0 Å². The van der Waals surface area contributed by atoms with Gasteiger partial charge in [-0.3, -0.25) is 4.79 Å². The molecule has 0 radical (unpaired) electrons. The monoisotopic (exact) mass is 252 g/mol. The van der Waals surface area contributed by atoms with E-state index in [0.717, 1.165) is 0 Å². The highest BCUT2D eigenvalue weighted by atomic mass is 16.5. The van der Waals surface area contributed by atoms with Crippen LogP contribution in [0.15, 0.2) is 12.4 Å². The molecule has 0 aliphatic rings. The van der Waals surface area contributed by atoms with Crippen LogP contribution in [0.1, 0.15) is 20.8 Å². The molecule has 0 saturated heterocycles. The maximum atomic E-state index is 11.9. The quantitative estimate of drug-likeness (QED) is 0.822. The molecule has 1 unspecified atom stereocenters. The topological polar surface area (TPSA) is 67.3 Å². The summed E-state index contributed by atoms with van der Waals surface area (Å²) in [6, 6.07) is 1.35. The smallest absolute Gasteiger partial charge is 0.244 e. The lowest BCUT2D eigenvalue weighted by Crippen LogP contribution is -2.39. The van der Waals surface area contributed by atoms with E-state index in [4.69, 9.17) is 4.74 Å². The average Bonchev–Trinajstić information content (AvgIpc) is 2.37. The van der Waals surface area contributed by atoms with Gasteiger partial charge in [-0.1, -0.05) is 0 Å². The van der Waals surface area contributed by atoms with Crippen LogP contribution in [0, 0.1) is 0 Å². The maximum Gasteiger partial charge on any atom is 0.244 e. The van der Waals surface area contributed by atoms with Crippen LogP contribution < -0.4 is 10.1 Å². The second-order valence-electron chi connectivity index (χ2n) is 3.89. The number of rotatable bonds is 6. The number of hydrogen-bond donors (Lipinski definition) is 1. The van der Waals surface area contributed by atoms with Gasteiger partial charge in [0.05, 0.1) is 6.61 Å². The summed E-state index contributed by atoms with van der Waals surface area (Å²) in [6.07, 6.45) is 1.41. The van der Waals surface area contributed by atoms with E-state index in [1.165, 1.54) is 6.33 Å². The van der Waals surface area contributed by atoms with E-state index in [1.807, 2.05) is 13.8 Å². The van der Waals surface area contributed by atoms with Crippen molar-refractivity contribution in [2.24, 2.45) is 0 Å². The first-order valence-electron chi connectivity index (χ1n) is 6.04. The summed E-state index contributed by atoms with van der Waals surface area (Å²) in [7, 11) is 1.77. The van der Waals surface area contributed by atoms with Crippen LogP contribution in [0.4, 0.5) is 5.82 Å². The average molecular weight is 252 g/mol. The van der Waals surface area contributed by atoms with Crippen molar-refractivity contribution in [3.63, 3.8) is 0 Å². The molecule has 0 aliphatic heterocycles. The van der Waals surface area contributed by atoms with E-state index in [0.29, 0.717) is 24.8 Å². The highest BCUT2D eigenvalue weighted by Gasteiger charge is 2.16. The summed E-state index contributed by atoms with van der Waals surface area (Å²) >= 11 is 0. The molecule has 1 aromatic rings. The molecule has 100 valence electrons. The Balaban J connectivity index is 2.66. The number of nitrogens with zero attached hydrogens (tertiary/aromatic N) is 3. The number of ether oxygens (including phenoxy) is 1. The minimum atomic E-state index is -0.334. The number of aromatic nitrogens is 2. The van der Waals surface area contributed by atoms with Crippen molar-refractivity contribution >= 4 is 11.7 Å². The molecule has 1 aromatic heterocycles. The van der Waals surface area contributed by atoms with Crippen LogP contribution in [-0.2, 0) is 4.79 Å². The first-order chi connectivity index (χ1) is 8.58. The number of amides is 1. The van der Waals surface area contributed by atoms with E-state index in [2.05, 4.69) is 15.3 Å². The Kier molecular flexibility index (Phi) is 5.35. The van der Waals surface area contributed by atoms with Gasteiger partial charge in [-0.2, -0.15) is 0 Å². The maximum absolute atomic E-state index is 11.9. The lowest BCUT2D eigenvalue weighted by molar-refractivity contribution is -0.130. The van der Waals surface area contributed by atoms with Gasteiger partial charge in [-0.05, 0) is 20.8 Å². The third-order valence-electron chi connectivity index (χ3n) is 2.52. The molecule has 0 bridgehead atoms. The Labute approximate surface area is 107 Å². The zero-order valence-electron chi connectivity index (χ0n) is 11.3. The zero-order valence-corrected chi connectivity index (χ0v) is 11.3. The van der Waals surface area contributed by atoms with Gasteiger partial charge < -0.3 is 15.0 Å². The molecular weight excluding hydrogens is 232 g/mol. The van der Waals surface area contributed by atoms with Crippen LogP contribution in [0.25, 0.3) is 0 Å². The van der Waals surface area contributed by atoms with Crippen LogP contribution in [0.3, 0.4) is 0 Å². The van der Waals surface area contributed by atoms with Crippen molar-refractivity contribution < 1.29 is 9.53 Å². The predicted molar refractivity (Wildman–Crippen MR) is 69.6 cm³/mol. The minimum absolute atomic E-state index is 0.0223. The highest BCUT2D eigenvalue weighted by molar-refractivity contribution is 5.83. The van der Waals surface area contributed by atoms with Gasteiger partial charge >= 0.3 is 0 Å². The summed E-state index contributed by atoms with van der Waals surface area (Å²) < 4.78 is 5.27. The van der Waals surface area contributed by atoms with Gasteiger partial charge in [0.1, 0.15) is 18.2 Å². The van der Waals surface area contributed by atoms with Crippen molar-refractivity contribution in [1.82, 2.24) is 14.9 Å². The Morgan fingerprint density at radius 2 is 2.22 bits per heavy atom. The molecule has 6 heteroatoms. The summed E-state index contributed by atoms with van der Waals surface area (Å²) in [6.45, 7) is 6.85. The molecule has 1 rings (SSSR count). The summed E-state index contributed by atoms with van der Waals surface area (Å²) in [4.78, 5) is 21.6. The van der Waals surface area contributed by atoms with Gasteiger partial charge in [0.2, 0.25) is 11.8 Å². The third-order valence-corrected chi connectivity index (χ3v) is 2.52. The van der Waals surface area contributed by atoms with Crippen LogP contribution in [0.5, 0.6) is 5.88 Å². The van der Waals surface area contributed by atoms with E-state index in [-0.39, 0.29) is 11.9 Å². The number of hydrogen-bond acceptors (Lipinski definition) is 5. The lowest BCUT2D eigenvalue weighted by Gasteiger charge is -2.20. The van der Waals surface area contributed by atoms with Crippen LogP contribution in [0.2, 0.25) is 0 Å². The Bertz CT molecular complexity index is 397. The number of anilines is 1.